The van der Waals surface area contributed by atoms with Crippen molar-refractivity contribution >= 4 is 21.6 Å². The third-order valence-corrected chi connectivity index (χ3v) is 5.91. The van der Waals surface area contributed by atoms with Crippen molar-refractivity contribution in [3.63, 3.8) is 0 Å². The summed E-state index contributed by atoms with van der Waals surface area (Å²) in [6.45, 7) is 0.254. The van der Waals surface area contributed by atoms with Crippen molar-refractivity contribution in [2.75, 3.05) is 18.6 Å². The molecule has 1 atom stereocenters. The highest BCUT2D eigenvalue weighted by molar-refractivity contribution is 7.93. The minimum atomic E-state index is -3.43. The summed E-state index contributed by atoms with van der Waals surface area (Å²) in [4.78, 5) is 21.9. The second kappa shape index (κ2) is 9.69. The third-order valence-electron chi connectivity index (χ3n) is 5.26. The summed E-state index contributed by atoms with van der Waals surface area (Å²) >= 11 is 0. The number of sulfone groups is 1. The summed E-state index contributed by atoms with van der Waals surface area (Å²) in [5.74, 6) is -6.58. The Morgan fingerprint density at radius 3 is 2.59 bits per heavy atom. The highest BCUT2D eigenvalue weighted by atomic mass is 32.2. The molecule has 0 unspecified atom stereocenters. The molecule has 1 fully saturated rings. The van der Waals surface area contributed by atoms with Crippen LogP contribution in [0.1, 0.15) is 41.5 Å². The second-order valence-electron chi connectivity index (χ2n) is 8.34. The molecule has 1 aromatic carbocycles. The minimum absolute atomic E-state index is 0.0462. The lowest BCUT2D eigenvalue weighted by molar-refractivity contribution is 0.00771. The molecule has 1 aromatic heterocycles. The lowest BCUT2D eigenvalue weighted by atomic mass is 10.1. The molecule has 0 bridgehead atoms. The average molecular weight is 501 g/mol. The molecule has 3 rings (SSSR count). The minimum Gasteiger partial charge on any atom is -0.365 e. The Kier molecular flexibility index (Phi) is 7.29. The van der Waals surface area contributed by atoms with E-state index in [1.54, 1.807) is 0 Å². The highest BCUT2D eigenvalue weighted by Gasteiger charge is 2.36. The van der Waals surface area contributed by atoms with Gasteiger partial charge in [0.15, 0.2) is 9.84 Å². The molecule has 1 amide bonds. The molecule has 0 aliphatic heterocycles. The average Bonchev–Trinajstić information content (AvgIpc) is 3.57. The zero-order valence-electron chi connectivity index (χ0n) is 18.7. The summed E-state index contributed by atoms with van der Waals surface area (Å²) < 4.78 is 78.3. The van der Waals surface area contributed by atoms with Gasteiger partial charge in [0, 0.05) is 43.9 Å². The van der Waals surface area contributed by atoms with Crippen LogP contribution < -0.4 is 5.32 Å². The number of nitrogens with zero attached hydrogens (tertiary/aromatic N) is 3. The molecule has 7 nitrogen and oxygen atoms in total. The largest absolute Gasteiger partial charge is 0.365 e. The molecule has 184 valence electrons. The summed E-state index contributed by atoms with van der Waals surface area (Å²) in [6, 6.07) is 2.24. The van der Waals surface area contributed by atoms with Gasteiger partial charge in [-0.15, -0.1) is 0 Å². The fourth-order valence-electron chi connectivity index (χ4n) is 3.33. The van der Waals surface area contributed by atoms with Crippen LogP contribution >= 0.6 is 0 Å². The number of alkyl halides is 2. The number of carbonyl (C=O) groups is 1. The number of rotatable bonds is 9. The number of nitrogens with one attached hydrogen (secondary N) is 1. The first-order valence-electron chi connectivity index (χ1n) is 10.3. The van der Waals surface area contributed by atoms with Crippen LogP contribution in [0.4, 0.5) is 23.4 Å². The summed E-state index contributed by atoms with van der Waals surface area (Å²) in [7, 11) is -1.98. The third kappa shape index (κ3) is 6.52. The number of halogens is 4. The molecule has 0 spiro atoms. The SMILES string of the molecule is CN(C(=O)c1cnc(C(C)(F)F)nc1NCc1cc(F)ccc1F)[C@H](/C=C/S(C)(=O)=O)C1CC1. The van der Waals surface area contributed by atoms with E-state index in [1.165, 1.54) is 18.0 Å². The molecule has 12 heteroatoms. The molecule has 2 aromatic rings. The number of hydrogen-bond acceptors (Lipinski definition) is 6. The lowest BCUT2D eigenvalue weighted by Gasteiger charge is -2.26. The first-order chi connectivity index (χ1) is 15.8. The van der Waals surface area contributed by atoms with Gasteiger partial charge in [-0.05, 0) is 37.0 Å². The second-order valence-corrected chi connectivity index (χ2v) is 10.3. The maximum absolute atomic E-state index is 14.0. The van der Waals surface area contributed by atoms with Crippen LogP contribution in [-0.2, 0) is 22.3 Å². The fraction of sp³-hybridized carbons (Fsp3) is 0.409. The first kappa shape index (κ1) is 25.6. The van der Waals surface area contributed by atoms with Crippen LogP contribution in [0.15, 0.2) is 35.9 Å². The number of benzene rings is 1. The van der Waals surface area contributed by atoms with Gasteiger partial charge in [0.2, 0.25) is 5.82 Å². The van der Waals surface area contributed by atoms with Crippen molar-refractivity contribution in [2.45, 2.75) is 38.3 Å². The summed E-state index contributed by atoms with van der Waals surface area (Å²) in [5, 5.41) is 3.65. The zero-order valence-corrected chi connectivity index (χ0v) is 19.5. The normalized spacial score (nSPS) is 15.4. The molecular formula is C22H24F4N4O3S. The number of anilines is 1. The van der Waals surface area contributed by atoms with E-state index in [4.69, 9.17) is 0 Å². The number of carbonyl (C=O) groups excluding carboxylic acids is 1. The molecular weight excluding hydrogens is 476 g/mol. The van der Waals surface area contributed by atoms with Crippen LogP contribution in [0.5, 0.6) is 0 Å². The van der Waals surface area contributed by atoms with E-state index in [9.17, 15) is 30.8 Å². The van der Waals surface area contributed by atoms with E-state index in [1.807, 2.05) is 0 Å². The van der Waals surface area contributed by atoms with Crippen molar-refractivity contribution in [1.29, 1.82) is 0 Å². The molecule has 1 heterocycles. The van der Waals surface area contributed by atoms with Crippen LogP contribution in [0, 0.1) is 17.6 Å². The van der Waals surface area contributed by atoms with Crippen molar-refractivity contribution in [2.24, 2.45) is 5.92 Å². The summed E-state index contributed by atoms with van der Waals surface area (Å²) in [5.41, 5.74) is -0.271. The van der Waals surface area contributed by atoms with Crippen LogP contribution in [0.2, 0.25) is 0 Å². The van der Waals surface area contributed by atoms with Gasteiger partial charge in [0.05, 0.1) is 6.04 Å². The standard InChI is InChI=1S/C22H24F4N4O3S/c1-22(25,26)21-28-12-16(19(29-21)27-11-14-10-15(23)6-7-17(14)24)20(31)30(2)18(13-4-5-13)8-9-34(3,32)33/h6-10,12-13,18H,4-5,11H2,1-3H3,(H,27,28,29)/b9-8+/t18-/m1/s1. The van der Waals surface area contributed by atoms with Crippen molar-refractivity contribution in [1.82, 2.24) is 14.9 Å². The Labute approximate surface area is 194 Å². The fourth-order valence-corrected chi connectivity index (χ4v) is 3.78. The van der Waals surface area contributed by atoms with Gasteiger partial charge in [-0.3, -0.25) is 4.79 Å². The van der Waals surface area contributed by atoms with Crippen molar-refractivity contribution in [3.05, 3.63) is 64.5 Å². The molecule has 0 saturated heterocycles. The molecule has 1 saturated carbocycles. The molecule has 34 heavy (non-hydrogen) atoms. The van der Waals surface area contributed by atoms with Gasteiger partial charge < -0.3 is 10.2 Å². The maximum Gasteiger partial charge on any atom is 0.303 e. The van der Waals surface area contributed by atoms with Crippen molar-refractivity contribution in [3.8, 4) is 0 Å². The molecule has 1 aliphatic carbocycles. The van der Waals surface area contributed by atoms with Crippen molar-refractivity contribution < 1.29 is 30.8 Å². The molecule has 1 N–H and O–H groups in total. The first-order valence-corrected chi connectivity index (χ1v) is 12.3. The van der Waals surface area contributed by atoms with Crippen LogP contribution in [0.25, 0.3) is 0 Å². The highest BCUT2D eigenvalue weighted by Crippen LogP contribution is 2.36. The topological polar surface area (TPSA) is 92.3 Å². The van der Waals surface area contributed by atoms with E-state index in [0.29, 0.717) is 6.92 Å². The summed E-state index contributed by atoms with van der Waals surface area (Å²) in [6.07, 6.45) is 4.96. The van der Waals surface area contributed by atoms with E-state index in [2.05, 4.69) is 15.3 Å². The molecule has 1 aliphatic rings. The Morgan fingerprint density at radius 2 is 2.00 bits per heavy atom. The lowest BCUT2D eigenvalue weighted by Crippen LogP contribution is -2.38. The van der Waals surface area contributed by atoms with Gasteiger partial charge in [0.25, 0.3) is 5.91 Å². The van der Waals surface area contributed by atoms with Gasteiger partial charge in [-0.2, -0.15) is 8.78 Å². The van der Waals surface area contributed by atoms with Gasteiger partial charge in [0.1, 0.15) is 23.0 Å². The number of aromatic nitrogens is 2. The maximum atomic E-state index is 14.0. The van der Waals surface area contributed by atoms with Gasteiger partial charge >= 0.3 is 5.92 Å². The molecule has 0 radical (unpaired) electrons. The van der Waals surface area contributed by atoms with E-state index in [0.717, 1.165) is 48.9 Å². The monoisotopic (exact) mass is 500 g/mol. The number of hydrogen-bond donors (Lipinski definition) is 1. The van der Waals surface area contributed by atoms with Crippen LogP contribution in [-0.4, -0.2) is 48.5 Å². The predicted octanol–water partition coefficient (Wildman–Crippen LogP) is 3.89. The van der Waals surface area contributed by atoms with Crippen LogP contribution in [0.3, 0.4) is 0 Å². The number of amides is 1. The van der Waals surface area contributed by atoms with E-state index < -0.39 is 45.2 Å². The quantitative estimate of drug-likeness (QED) is 0.526. The van der Waals surface area contributed by atoms with E-state index in [-0.39, 0.29) is 29.4 Å². The Balaban J connectivity index is 1.94. The Bertz CT molecular complexity index is 1210. The Morgan fingerprint density at radius 1 is 1.32 bits per heavy atom. The van der Waals surface area contributed by atoms with Gasteiger partial charge in [-0.25, -0.2) is 27.2 Å². The predicted molar refractivity (Wildman–Crippen MR) is 118 cm³/mol. The smallest absolute Gasteiger partial charge is 0.303 e. The zero-order chi connectivity index (χ0) is 25.3. The number of likely N-dealkylation sites (N-methyl/N-ethyl adjacent to an activating group) is 1. The van der Waals surface area contributed by atoms with E-state index >= 15 is 0 Å². The Hall–Kier alpha value is -3.02. The van der Waals surface area contributed by atoms with Gasteiger partial charge in [-0.1, -0.05) is 6.08 Å².